The van der Waals surface area contributed by atoms with Crippen molar-refractivity contribution in [3.63, 3.8) is 0 Å². The first kappa shape index (κ1) is 15.3. The van der Waals surface area contributed by atoms with Crippen LogP contribution in [-0.4, -0.2) is 29.2 Å². The Labute approximate surface area is 109 Å². The maximum Gasteiger partial charge on any atom is 0.422 e. The van der Waals surface area contributed by atoms with Crippen LogP contribution < -0.4 is 10.1 Å². The zero-order valence-corrected chi connectivity index (χ0v) is 10.8. The molecule has 0 saturated heterocycles. The number of nitrogens with zero attached hydrogens (tertiary/aromatic N) is 1. The topological polar surface area (TPSA) is 51.2 Å². The summed E-state index contributed by atoms with van der Waals surface area (Å²) >= 11 is 0. The molecule has 0 aliphatic heterocycles. The number of amides is 1. The molecule has 0 aliphatic carbocycles. The van der Waals surface area contributed by atoms with Crippen LogP contribution in [0.5, 0.6) is 5.88 Å². The zero-order chi connectivity index (χ0) is 14.7. The van der Waals surface area contributed by atoms with Crippen molar-refractivity contribution in [3.05, 3.63) is 23.9 Å². The molecule has 106 valence electrons. The molecular formula is C12H15F3N2O2. The normalized spacial score (nSPS) is 12.1. The Hall–Kier alpha value is -1.79. The lowest BCUT2D eigenvalue weighted by atomic mass is 10.1. The van der Waals surface area contributed by atoms with Gasteiger partial charge in [-0.3, -0.25) is 4.79 Å². The summed E-state index contributed by atoms with van der Waals surface area (Å²) in [5, 5.41) is 2.71. The number of pyridine rings is 1. The molecule has 0 bridgehead atoms. The lowest BCUT2D eigenvalue weighted by Crippen LogP contribution is -2.40. The van der Waals surface area contributed by atoms with Crippen LogP contribution in [-0.2, 0) is 0 Å². The second kappa shape index (κ2) is 5.46. The highest BCUT2D eigenvalue weighted by molar-refractivity contribution is 5.94. The number of carbonyl (C=O) groups is 1. The fourth-order valence-electron chi connectivity index (χ4n) is 1.17. The minimum Gasteiger partial charge on any atom is -0.468 e. The van der Waals surface area contributed by atoms with Gasteiger partial charge in [0.1, 0.15) is 0 Å². The summed E-state index contributed by atoms with van der Waals surface area (Å²) in [7, 11) is 0. The Kier molecular flexibility index (Phi) is 4.39. The van der Waals surface area contributed by atoms with Gasteiger partial charge in [-0.05, 0) is 26.8 Å². The van der Waals surface area contributed by atoms with Crippen molar-refractivity contribution in [3.8, 4) is 5.88 Å². The summed E-state index contributed by atoms with van der Waals surface area (Å²) in [6.07, 6.45) is -3.24. The molecule has 0 atom stereocenters. The van der Waals surface area contributed by atoms with Gasteiger partial charge >= 0.3 is 6.18 Å². The average molecular weight is 276 g/mol. The van der Waals surface area contributed by atoms with Crippen molar-refractivity contribution in [2.75, 3.05) is 6.61 Å². The third kappa shape index (κ3) is 6.08. The second-order valence-corrected chi connectivity index (χ2v) is 4.99. The molecule has 1 aromatic heterocycles. The van der Waals surface area contributed by atoms with Crippen LogP contribution in [0.1, 0.15) is 31.1 Å². The fourth-order valence-corrected chi connectivity index (χ4v) is 1.17. The number of halogens is 3. The summed E-state index contributed by atoms with van der Waals surface area (Å²) < 4.78 is 40.2. The molecule has 1 aromatic rings. The third-order valence-electron chi connectivity index (χ3n) is 1.87. The SMILES string of the molecule is CC(C)(C)NC(=O)c1ccc(OCC(F)(F)F)nc1. The number of aromatic nitrogens is 1. The van der Waals surface area contributed by atoms with Gasteiger partial charge in [0.25, 0.3) is 5.91 Å². The molecular weight excluding hydrogens is 261 g/mol. The van der Waals surface area contributed by atoms with Gasteiger partial charge in [-0.15, -0.1) is 0 Å². The molecule has 1 heterocycles. The van der Waals surface area contributed by atoms with Crippen molar-refractivity contribution in [1.82, 2.24) is 10.3 Å². The maximum absolute atomic E-state index is 11.9. The number of hydrogen-bond donors (Lipinski definition) is 1. The highest BCUT2D eigenvalue weighted by Gasteiger charge is 2.28. The monoisotopic (exact) mass is 276 g/mol. The van der Waals surface area contributed by atoms with Crippen LogP contribution in [0.25, 0.3) is 0 Å². The van der Waals surface area contributed by atoms with E-state index in [1.807, 2.05) is 20.8 Å². The molecule has 4 nitrogen and oxygen atoms in total. The summed E-state index contributed by atoms with van der Waals surface area (Å²) in [5.74, 6) is -0.521. The van der Waals surface area contributed by atoms with Gasteiger partial charge in [-0.2, -0.15) is 13.2 Å². The van der Waals surface area contributed by atoms with E-state index >= 15 is 0 Å². The number of carbonyl (C=O) groups excluding carboxylic acids is 1. The number of alkyl halides is 3. The summed E-state index contributed by atoms with van der Waals surface area (Å²) in [6, 6.07) is 2.59. The molecule has 1 rings (SSSR count). The molecule has 0 saturated carbocycles. The zero-order valence-electron chi connectivity index (χ0n) is 10.8. The van der Waals surface area contributed by atoms with Crippen molar-refractivity contribution >= 4 is 5.91 Å². The van der Waals surface area contributed by atoms with E-state index < -0.39 is 18.3 Å². The average Bonchev–Trinajstić information content (AvgIpc) is 2.23. The van der Waals surface area contributed by atoms with Crippen molar-refractivity contribution < 1.29 is 22.7 Å². The smallest absolute Gasteiger partial charge is 0.422 e. The summed E-state index contributed by atoms with van der Waals surface area (Å²) in [6.45, 7) is 4.05. The van der Waals surface area contributed by atoms with E-state index in [9.17, 15) is 18.0 Å². The van der Waals surface area contributed by atoms with Gasteiger partial charge in [0.2, 0.25) is 5.88 Å². The first-order chi connectivity index (χ1) is 8.57. The summed E-state index contributed by atoms with van der Waals surface area (Å²) in [4.78, 5) is 15.4. The number of hydrogen-bond acceptors (Lipinski definition) is 3. The van der Waals surface area contributed by atoms with Gasteiger partial charge in [0, 0.05) is 17.8 Å². The number of nitrogens with one attached hydrogen (secondary N) is 1. The quantitative estimate of drug-likeness (QED) is 0.923. The van der Waals surface area contributed by atoms with E-state index in [4.69, 9.17) is 0 Å². The van der Waals surface area contributed by atoms with Crippen LogP contribution in [0.3, 0.4) is 0 Å². The van der Waals surface area contributed by atoms with Gasteiger partial charge in [-0.1, -0.05) is 0 Å². The Bertz CT molecular complexity index is 436. The van der Waals surface area contributed by atoms with Crippen LogP contribution in [0, 0.1) is 0 Å². The minimum absolute atomic E-state index is 0.176. The van der Waals surface area contributed by atoms with E-state index in [-0.39, 0.29) is 17.4 Å². The van der Waals surface area contributed by atoms with Crippen molar-refractivity contribution in [2.24, 2.45) is 0 Å². The Morgan fingerprint density at radius 2 is 1.95 bits per heavy atom. The van der Waals surface area contributed by atoms with Gasteiger partial charge in [-0.25, -0.2) is 4.98 Å². The van der Waals surface area contributed by atoms with Crippen molar-refractivity contribution in [2.45, 2.75) is 32.5 Å². The largest absolute Gasteiger partial charge is 0.468 e. The molecule has 19 heavy (non-hydrogen) atoms. The number of rotatable bonds is 3. The predicted molar refractivity (Wildman–Crippen MR) is 63.0 cm³/mol. The lowest BCUT2D eigenvalue weighted by Gasteiger charge is -2.20. The Balaban J connectivity index is 2.64. The second-order valence-electron chi connectivity index (χ2n) is 4.99. The van der Waals surface area contributed by atoms with E-state index in [1.54, 1.807) is 0 Å². The first-order valence-electron chi connectivity index (χ1n) is 5.55. The van der Waals surface area contributed by atoms with Gasteiger partial charge < -0.3 is 10.1 Å². The van der Waals surface area contributed by atoms with Gasteiger partial charge in [0.05, 0.1) is 5.56 Å². The van der Waals surface area contributed by atoms with Crippen LogP contribution in [0.2, 0.25) is 0 Å². The van der Waals surface area contributed by atoms with E-state index in [2.05, 4.69) is 15.0 Å². The lowest BCUT2D eigenvalue weighted by molar-refractivity contribution is -0.154. The van der Waals surface area contributed by atoms with E-state index in [1.165, 1.54) is 18.3 Å². The summed E-state index contributed by atoms with van der Waals surface area (Å²) in [5.41, 5.74) is -0.142. The first-order valence-corrected chi connectivity index (χ1v) is 5.55. The van der Waals surface area contributed by atoms with E-state index in [0.29, 0.717) is 0 Å². The van der Waals surface area contributed by atoms with Gasteiger partial charge in [0.15, 0.2) is 6.61 Å². The molecule has 0 aromatic carbocycles. The molecule has 1 amide bonds. The van der Waals surface area contributed by atoms with Crippen LogP contribution in [0.15, 0.2) is 18.3 Å². The highest BCUT2D eigenvalue weighted by Crippen LogP contribution is 2.17. The molecule has 0 unspecified atom stereocenters. The molecule has 0 fully saturated rings. The maximum atomic E-state index is 11.9. The Morgan fingerprint density at radius 3 is 2.37 bits per heavy atom. The highest BCUT2D eigenvalue weighted by atomic mass is 19.4. The Morgan fingerprint density at radius 1 is 1.32 bits per heavy atom. The molecule has 0 spiro atoms. The molecule has 7 heteroatoms. The standard InChI is InChI=1S/C12H15F3N2O2/c1-11(2,3)17-10(18)8-4-5-9(16-6-8)19-7-12(13,14)15/h4-6H,7H2,1-3H3,(H,17,18). The van der Waals surface area contributed by atoms with Crippen LogP contribution in [0.4, 0.5) is 13.2 Å². The molecule has 0 aliphatic rings. The van der Waals surface area contributed by atoms with E-state index in [0.717, 1.165) is 0 Å². The number of ether oxygens (including phenoxy) is 1. The fraction of sp³-hybridized carbons (Fsp3) is 0.500. The molecule has 1 N–H and O–H groups in total. The predicted octanol–water partition coefficient (Wildman–Crippen LogP) is 2.55. The van der Waals surface area contributed by atoms with Crippen LogP contribution >= 0.6 is 0 Å². The third-order valence-corrected chi connectivity index (χ3v) is 1.87. The van der Waals surface area contributed by atoms with Crippen molar-refractivity contribution in [1.29, 1.82) is 0 Å². The minimum atomic E-state index is -4.41. The molecule has 0 radical (unpaired) electrons.